The van der Waals surface area contributed by atoms with Gasteiger partial charge in [0.15, 0.2) is 12.2 Å². The lowest BCUT2D eigenvalue weighted by molar-refractivity contribution is -0.178. The zero-order valence-corrected chi connectivity index (χ0v) is 39.3. The molecule has 8 heteroatoms. The van der Waals surface area contributed by atoms with Crippen LogP contribution < -0.4 is 0 Å². The van der Waals surface area contributed by atoms with E-state index < -0.39 is 12.2 Å². The fourth-order valence-corrected chi connectivity index (χ4v) is 6.92. The van der Waals surface area contributed by atoms with Gasteiger partial charge in [-0.05, 0) is 118 Å². The molecule has 0 aliphatic carbocycles. The van der Waals surface area contributed by atoms with Gasteiger partial charge in [-0.1, -0.05) is 141 Å². The topological polar surface area (TPSA) is 77.5 Å². The van der Waals surface area contributed by atoms with Crippen molar-refractivity contribution in [3.8, 4) is 0 Å². The summed E-state index contributed by atoms with van der Waals surface area (Å²) >= 11 is 0. The van der Waals surface area contributed by atoms with E-state index in [4.69, 9.17) is 18.9 Å². The van der Waals surface area contributed by atoms with Crippen molar-refractivity contribution in [1.29, 1.82) is 0 Å². The first kappa shape index (κ1) is 56.3. The zero-order valence-electron chi connectivity index (χ0n) is 39.3. The van der Waals surface area contributed by atoms with Crippen molar-refractivity contribution in [3.05, 3.63) is 24.3 Å². The standard InChI is InChI=1S/C50H96N2O6/c1-7-9-11-13-15-17-19-21-23-25-27-29-31-33-35-43-55-45-47(57-49(53)39-37-41-51(3)4)48(58-50(54)40-38-42-52(5)6)46-56-44-36-34-32-30-28-26-24-22-20-18-16-14-12-10-8-2/h19-22,47-48H,7-18,23-46H2,1-6H3/b21-19-,22-20-. The van der Waals surface area contributed by atoms with Crippen LogP contribution in [0.5, 0.6) is 0 Å². The minimum Gasteiger partial charge on any atom is -0.456 e. The summed E-state index contributed by atoms with van der Waals surface area (Å²) in [4.78, 5) is 30.1. The maximum absolute atomic E-state index is 13.0. The lowest BCUT2D eigenvalue weighted by atomic mass is 10.1. The highest BCUT2D eigenvalue weighted by Crippen LogP contribution is 2.15. The largest absolute Gasteiger partial charge is 0.456 e. The predicted octanol–water partition coefficient (Wildman–Crippen LogP) is 12.8. The minimum absolute atomic E-state index is 0.192. The summed E-state index contributed by atoms with van der Waals surface area (Å²) in [6.07, 6.45) is 42.6. The van der Waals surface area contributed by atoms with Gasteiger partial charge in [-0.25, -0.2) is 0 Å². The zero-order chi connectivity index (χ0) is 42.6. The highest BCUT2D eigenvalue weighted by Gasteiger charge is 2.29. The lowest BCUT2D eigenvalue weighted by Crippen LogP contribution is -2.42. The molecule has 0 bridgehead atoms. The van der Waals surface area contributed by atoms with E-state index in [0.29, 0.717) is 38.9 Å². The number of ether oxygens (including phenoxy) is 4. The Hall–Kier alpha value is -1.74. The number of carbonyl (C=O) groups is 2. The van der Waals surface area contributed by atoms with E-state index in [9.17, 15) is 9.59 Å². The smallest absolute Gasteiger partial charge is 0.306 e. The van der Waals surface area contributed by atoms with Gasteiger partial charge in [-0.15, -0.1) is 0 Å². The number of esters is 2. The molecule has 342 valence electrons. The molecule has 0 aromatic carbocycles. The Kier molecular flexibility index (Phi) is 43.5. The molecule has 8 nitrogen and oxygen atoms in total. The summed E-state index contributed by atoms with van der Waals surface area (Å²) in [5.41, 5.74) is 0. The van der Waals surface area contributed by atoms with Crippen LogP contribution in [0.1, 0.15) is 206 Å². The fourth-order valence-electron chi connectivity index (χ4n) is 6.92. The van der Waals surface area contributed by atoms with E-state index >= 15 is 0 Å². The van der Waals surface area contributed by atoms with Gasteiger partial charge in [0.25, 0.3) is 0 Å². The van der Waals surface area contributed by atoms with Crippen LogP contribution in [0, 0.1) is 0 Å². The summed E-state index contributed by atoms with van der Waals surface area (Å²) in [6.45, 7) is 7.71. The van der Waals surface area contributed by atoms with Gasteiger partial charge in [0.2, 0.25) is 0 Å². The molecule has 0 spiro atoms. The van der Waals surface area contributed by atoms with Crippen molar-refractivity contribution in [2.75, 3.05) is 67.7 Å². The molecule has 0 heterocycles. The van der Waals surface area contributed by atoms with Crippen LogP contribution in [0.25, 0.3) is 0 Å². The van der Waals surface area contributed by atoms with E-state index in [1.54, 1.807) is 0 Å². The van der Waals surface area contributed by atoms with Crippen LogP contribution in [0.2, 0.25) is 0 Å². The average Bonchev–Trinajstić information content (AvgIpc) is 3.19. The maximum Gasteiger partial charge on any atom is 0.306 e. The maximum atomic E-state index is 13.0. The molecule has 0 radical (unpaired) electrons. The second-order valence-corrected chi connectivity index (χ2v) is 17.2. The van der Waals surface area contributed by atoms with Crippen LogP contribution in [-0.4, -0.2) is 102 Å². The molecular formula is C50H96N2O6. The monoisotopic (exact) mass is 821 g/mol. The molecule has 2 unspecified atom stereocenters. The summed E-state index contributed by atoms with van der Waals surface area (Å²) in [7, 11) is 7.99. The summed E-state index contributed by atoms with van der Waals surface area (Å²) in [5, 5.41) is 0. The molecule has 0 saturated heterocycles. The Morgan fingerprint density at radius 1 is 0.414 bits per heavy atom. The normalized spacial score (nSPS) is 13.0. The molecule has 58 heavy (non-hydrogen) atoms. The molecule has 0 aliphatic heterocycles. The van der Waals surface area contributed by atoms with Gasteiger partial charge in [-0.2, -0.15) is 0 Å². The Balaban J connectivity index is 4.78. The molecule has 0 aromatic heterocycles. The molecule has 0 N–H and O–H groups in total. The highest BCUT2D eigenvalue weighted by molar-refractivity contribution is 5.70. The van der Waals surface area contributed by atoms with E-state index in [0.717, 1.165) is 38.8 Å². The second-order valence-electron chi connectivity index (χ2n) is 17.2. The SMILES string of the molecule is CCCCCCC/C=C\CCCCCCCCOCC(OC(=O)CCCN(C)C)C(COCCCCCCCC/C=C\CCCCCCC)OC(=O)CCCN(C)C. The highest BCUT2D eigenvalue weighted by atomic mass is 16.6. The number of unbranched alkanes of at least 4 members (excludes halogenated alkanes) is 22. The Bertz CT molecular complexity index is 865. The van der Waals surface area contributed by atoms with Gasteiger partial charge in [-0.3, -0.25) is 9.59 Å². The van der Waals surface area contributed by atoms with E-state index in [2.05, 4.69) is 48.0 Å². The van der Waals surface area contributed by atoms with Crippen LogP contribution in [0.4, 0.5) is 0 Å². The summed E-state index contributed by atoms with van der Waals surface area (Å²) in [5.74, 6) is -0.576. The average molecular weight is 821 g/mol. The fraction of sp³-hybridized carbons (Fsp3) is 0.880. The number of nitrogens with zero attached hydrogens (tertiary/aromatic N) is 2. The van der Waals surface area contributed by atoms with Gasteiger partial charge in [0.05, 0.1) is 13.2 Å². The van der Waals surface area contributed by atoms with Gasteiger partial charge in [0.1, 0.15) is 0 Å². The molecule has 0 rings (SSSR count). The van der Waals surface area contributed by atoms with E-state index in [1.165, 1.54) is 141 Å². The minimum atomic E-state index is -0.704. The first-order valence-electron chi connectivity index (χ1n) is 24.4. The number of hydrogen-bond acceptors (Lipinski definition) is 8. The van der Waals surface area contributed by atoms with Crippen molar-refractivity contribution in [1.82, 2.24) is 9.80 Å². The molecular weight excluding hydrogens is 725 g/mol. The third-order valence-corrected chi connectivity index (χ3v) is 10.6. The number of carbonyl (C=O) groups excluding carboxylic acids is 2. The number of rotatable bonds is 45. The van der Waals surface area contributed by atoms with Crippen LogP contribution >= 0.6 is 0 Å². The lowest BCUT2D eigenvalue weighted by Gasteiger charge is -2.27. The van der Waals surface area contributed by atoms with Crippen molar-refractivity contribution < 1.29 is 28.5 Å². The predicted molar refractivity (Wildman–Crippen MR) is 247 cm³/mol. The van der Waals surface area contributed by atoms with Crippen molar-refractivity contribution in [2.45, 2.75) is 219 Å². The third-order valence-electron chi connectivity index (χ3n) is 10.6. The second kappa shape index (κ2) is 44.8. The van der Waals surface area contributed by atoms with E-state index in [-0.39, 0.29) is 25.2 Å². The quantitative estimate of drug-likeness (QED) is 0.0341. The van der Waals surface area contributed by atoms with Gasteiger partial charge >= 0.3 is 11.9 Å². The Morgan fingerprint density at radius 3 is 1.02 bits per heavy atom. The molecule has 0 aliphatic rings. The third kappa shape index (κ3) is 42.4. The number of hydrogen-bond donors (Lipinski definition) is 0. The molecule has 0 saturated carbocycles. The first-order chi connectivity index (χ1) is 28.3. The number of allylic oxidation sites excluding steroid dienone is 4. The summed E-state index contributed by atoms with van der Waals surface area (Å²) in [6, 6.07) is 0. The Morgan fingerprint density at radius 2 is 0.707 bits per heavy atom. The molecule has 0 fully saturated rings. The molecule has 0 aromatic rings. The summed E-state index contributed by atoms with van der Waals surface area (Å²) < 4.78 is 24.2. The van der Waals surface area contributed by atoms with Gasteiger partial charge in [0, 0.05) is 26.1 Å². The van der Waals surface area contributed by atoms with Crippen LogP contribution in [0.3, 0.4) is 0 Å². The van der Waals surface area contributed by atoms with Gasteiger partial charge < -0.3 is 28.7 Å². The van der Waals surface area contributed by atoms with E-state index in [1.807, 2.05) is 28.2 Å². The van der Waals surface area contributed by atoms with Crippen molar-refractivity contribution in [2.24, 2.45) is 0 Å². The van der Waals surface area contributed by atoms with Crippen LogP contribution in [-0.2, 0) is 28.5 Å². The molecule has 0 amide bonds. The Labute approximate surface area is 360 Å². The molecule has 2 atom stereocenters. The first-order valence-corrected chi connectivity index (χ1v) is 24.4. The van der Waals surface area contributed by atoms with Crippen molar-refractivity contribution in [3.63, 3.8) is 0 Å². The van der Waals surface area contributed by atoms with Crippen molar-refractivity contribution >= 4 is 11.9 Å². The van der Waals surface area contributed by atoms with Crippen LogP contribution in [0.15, 0.2) is 24.3 Å².